The van der Waals surface area contributed by atoms with Gasteiger partial charge in [0.05, 0.1) is 18.1 Å². The molecule has 1 aromatic rings. The number of aromatic nitrogens is 1. The third-order valence-corrected chi connectivity index (χ3v) is 3.07. The number of nitrogens with zero attached hydrogens (tertiary/aromatic N) is 1. The number of hydrogen-bond acceptors (Lipinski definition) is 3. The Hall–Kier alpha value is -1.19. The molecule has 1 heterocycles. The summed E-state index contributed by atoms with van der Waals surface area (Å²) < 4.78 is 1.14. The van der Waals surface area contributed by atoms with Crippen LogP contribution in [0.25, 0.3) is 0 Å². The van der Waals surface area contributed by atoms with Gasteiger partial charge in [-0.2, -0.15) is 5.26 Å². The highest BCUT2D eigenvalue weighted by atomic mass is 79.9. The van der Waals surface area contributed by atoms with Crippen LogP contribution in [0.4, 0.5) is 0 Å². The van der Waals surface area contributed by atoms with Gasteiger partial charge in [0.25, 0.3) is 5.91 Å². The molecule has 0 radical (unpaired) electrons. The van der Waals surface area contributed by atoms with Crippen molar-refractivity contribution in [2.45, 2.75) is 25.8 Å². The third-order valence-electron chi connectivity index (χ3n) is 2.28. The van der Waals surface area contributed by atoms with E-state index in [0.717, 1.165) is 4.47 Å². The summed E-state index contributed by atoms with van der Waals surface area (Å²) in [5.74, 6) is -0.255. The Morgan fingerprint density at radius 3 is 3.06 bits per heavy atom. The lowest BCUT2D eigenvalue weighted by Crippen LogP contribution is -2.34. The van der Waals surface area contributed by atoms with E-state index < -0.39 is 0 Å². The fourth-order valence-electron chi connectivity index (χ4n) is 1.30. The van der Waals surface area contributed by atoms with Gasteiger partial charge in [-0.1, -0.05) is 19.1 Å². The average Bonchev–Trinajstić information content (AvgIpc) is 2.31. The van der Waals surface area contributed by atoms with E-state index >= 15 is 0 Å². The van der Waals surface area contributed by atoms with Crippen molar-refractivity contribution in [3.05, 3.63) is 26.9 Å². The predicted molar refractivity (Wildman–Crippen MR) is 71.1 cm³/mol. The van der Waals surface area contributed by atoms with E-state index in [1.165, 1.54) is 0 Å². The highest BCUT2D eigenvalue weighted by Crippen LogP contribution is 2.11. The van der Waals surface area contributed by atoms with Crippen LogP contribution in [0.5, 0.6) is 0 Å². The lowest BCUT2D eigenvalue weighted by Gasteiger charge is -2.13. The Balaban J connectivity index is 2.86. The van der Waals surface area contributed by atoms with E-state index in [-0.39, 0.29) is 11.9 Å². The lowest BCUT2D eigenvalue weighted by atomic mass is 10.1. The number of nitrogens with one attached hydrogen (secondary N) is 2. The molecule has 0 bridgehead atoms. The molecule has 17 heavy (non-hydrogen) atoms. The number of nitriles is 1. The van der Waals surface area contributed by atoms with Crippen molar-refractivity contribution >= 4 is 34.1 Å². The van der Waals surface area contributed by atoms with Crippen LogP contribution in [0.2, 0.25) is 0 Å². The zero-order chi connectivity index (χ0) is 12.8. The van der Waals surface area contributed by atoms with Gasteiger partial charge in [-0.15, -0.1) is 0 Å². The first kappa shape index (κ1) is 13.9. The van der Waals surface area contributed by atoms with Crippen molar-refractivity contribution in [3.8, 4) is 6.07 Å². The van der Waals surface area contributed by atoms with Gasteiger partial charge < -0.3 is 10.3 Å². The smallest absolute Gasteiger partial charge is 0.254 e. The largest absolute Gasteiger partial charge is 0.351 e. The minimum atomic E-state index is -0.255. The van der Waals surface area contributed by atoms with Crippen molar-refractivity contribution in [1.29, 1.82) is 5.26 Å². The van der Waals surface area contributed by atoms with E-state index in [9.17, 15) is 4.79 Å². The predicted octanol–water partition coefficient (Wildman–Crippen LogP) is 2.93. The molecule has 90 valence electrons. The zero-order valence-corrected chi connectivity index (χ0v) is 11.7. The molecule has 1 atom stereocenters. The van der Waals surface area contributed by atoms with E-state index in [1.54, 1.807) is 12.3 Å². The molecule has 2 N–H and O–H groups in total. The zero-order valence-electron chi connectivity index (χ0n) is 9.29. The molecule has 1 amide bonds. The van der Waals surface area contributed by atoms with Crippen molar-refractivity contribution in [2.24, 2.45) is 0 Å². The van der Waals surface area contributed by atoms with Crippen LogP contribution in [-0.4, -0.2) is 16.9 Å². The monoisotopic (exact) mass is 313 g/mol. The van der Waals surface area contributed by atoms with Crippen molar-refractivity contribution in [2.75, 3.05) is 0 Å². The number of hydrogen-bond donors (Lipinski definition) is 2. The molecule has 1 unspecified atom stereocenters. The van der Waals surface area contributed by atoms with E-state index in [1.807, 2.05) is 13.0 Å². The Bertz CT molecular complexity index is 506. The number of halogens is 1. The van der Waals surface area contributed by atoms with Crippen molar-refractivity contribution in [1.82, 2.24) is 10.3 Å². The minimum absolute atomic E-state index is 0.138. The molecule has 4 nitrogen and oxygen atoms in total. The summed E-state index contributed by atoms with van der Waals surface area (Å²) >= 11 is 8.31. The second-order valence-electron chi connectivity index (χ2n) is 3.50. The number of carbonyl (C=O) groups is 1. The molecule has 6 heteroatoms. The number of rotatable bonds is 4. The summed E-state index contributed by atoms with van der Waals surface area (Å²) in [6.45, 7) is 1.92. The van der Waals surface area contributed by atoms with Crippen LogP contribution in [0.3, 0.4) is 0 Å². The summed E-state index contributed by atoms with van der Waals surface area (Å²) in [7, 11) is 0. The molecule has 1 rings (SSSR count). The topological polar surface area (TPSA) is 68.7 Å². The SMILES string of the molecule is CCC(CC#N)NC(=O)c1cc(Br)c[nH]c1=S. The average molecular weight is 314 g/mol. The second kappa shape index (κ2) is 6.52. The first-order valence-corrected chi connectivity index (χ1v) is 6.34. The van der Waals surface area contributed by atoms with Gasteiger partial charge in [0.2, 0.25) is 0 Å². The summed E-state index contributed by atoms with van der Waals surface area (Å²) in [5.41, 5.74) is 0.408. The Morgan fingerprint density at radius 1 is 1.76 bits per heavy atom. The maximum Gasteiger partial charge on any atom is 0.254 e. The Morgan fingerprint density at radius 2 is 2.47 bits per heavy atom. The van der Waals surface area contributed by atoms with Gasteiger partial charge in [-0.25, -0.2) is 0 Å². The molecular formula is C11H12BrN3OS. The van der Waals surface area contributed by atoms with Gasteiger partial charge >= 0.3 is 0 Å². The van der Waals surface area contributed by atoms with Crippen LogP contribution >= 0.6 is 28.1 Å². The summed E-state index contributed by atoms with van der Waals surface area (Å²) in [5, 5.41) is 11.4. The third kappa shape index (κ3) is 3.95. The van der Waals surface area contributed by atoms with Crippen LogP contribution in [0.15, 0.2) is 16.7 Å². The van der Waals surface area contributed by atoms with Gasteiger partial charge in [-0.3, -0.25) is 4.79 Å². The maximum atomic E-state index is 11.9. The molecule has 0 saturated heterocycles. The fraction of sp³-hybridized carbons (Fsp3) is 0.364. The number of carbonyl (C=O) groups excluding carboxylic acids is 1. The summed E-state index contributed by atoms with van der Waals surface area (Å²) in [6, 6.07) is 3.57. The number of aromatic amines is 1. The quantitative estimate of drug-likeness (QED) is 0.840. The standard InChI is InChI=1S/C11H12BrN3OS/c1-2-8(3-4-13)15-10(16)9-5-7(12)6-14-11(9)17/h5-6,8H,2-3H2,1H3,(H,14,17)(H,15,16). The van der Waals surface area contributed by atoms with Crippen LogP contribution < -0.4 is 5.32 Å². The number of H-pyrrole nitrogens is 1. The van der Waals surface area contributed by atoms with E-state index in [4.69, 9.17) is 17.5 Å². The highest BCUT2D eigenvalue weighted by Gasteiger charge is 2.13. The first-order valence-electron chi connectivity index (χ1n) is 5.14. The molecule has 0 fully saturated rings. The van der Waals surface area contributed by atoms with E-state index in [0.29, 0.717) is 23.0 Å². The van der Waals surface area contributed by atoms with Crippen molar-refractivity contribution < 1.29 is 4.79 Å². The molecule has 0 aliphatic heterocycles. The molecule has 0 aliphatic carbocycles. The lowest BCUT2D eigenvalue weighted by molar-refractivity contribution is 0.0935. The van der Waals surface area contributed by atoms with Gasteiger partial charge in [0.15, 0.2) is 0 Å². The molecule has 0 aromatic carbocycles. The van der Waals surface area contributed by atoms with Gasteiger partial charge in [0, 0.05) is 16.7 Å². The summed E-state index contributed by atoms with van der Waals surface area (Å²) in [4.78, 5) is 14.7. The molecule has 0 aliphatic rings. The summed E-state index contributed by atoms with van der Waals surface area (Å²) in [6.07, 6.45) is 2.68. The maximum absolute atomic E-state index is 11.9. The number of amides is 1. The minimum Gasteiger partial charge on any atom is -0.351 e. The molecule has 0 saturated carbocycles. The molecule has 1 aromatic heterocycles. The fourth-order valence-corrected chi connectivity index (χ4v) is 1.85. The molecular weight excluding hydrogens is 302 g/mol. The normalized spacial score (nSPS) is 11.6. The molecule has 0 spiro atoms. The van der Waals surface area contributed by atoms with E-state index in [2.05, 4.69) is 26.2 Å². The van der Waals surface area contributed by atoms with Crippen molar-refractivity contribution in [3.63, 3.8) is 0 Å². The van der Waals surface area contributed by atoms with Crippen LogP contribution in [-0.2, 0) is 0 Å². The highest BCUT2D eigenvalue weighted by molar-refractivity contribution is 9.10. The van der Waals surface area contributed by atoms with Crippen LogP contribution in [0, 0.1) is 16.0 Å². The first-order chi connectivity index (χ1) is 8.08. The second-order valence-corrected chi connectivity index (χ2v) is 4.83. The number of pyridine rings is 1. The van der Waals surface area contributed by atoms with Crippen LogP contribution in [0.1, 0.15) is 30.1 Å². The van der Waals surface area contributed by atoms with Gasteiger partial charge in [-0.05, 0) is 28.4 Å². The Labute approximate surface area is 113 Å². The Kier molecular flexibility index (Phi) is 5.32. The van der Waals surface area contributed by atoms with Gasteiger partial charge in [0.1, 0.15) is 4.64 Å².